The highest BCUT2D eigenvalue weighted by Crippen LogP contribution is 2.31. The van der Waals surface area contributed by atoms with Crippen molar-refractivity contribution in [2.24, 2.45) is 11.3 Å². The van der Waals surface area contributed by atoms with Crippen LogP contribution in [0.5, 0.6) is 0 Å². The molecule has 0 aromatic carbocycles. The molecule has 0 bridgehead atoms. The Morgan fingerprint density at radius 1 is 1.80 bits per heavy atom. The summed E-state index contributed by atoms with van der Waals surface area (Å²) < 4.78 is 0. The van der Waals surface area contributed by atoms with Crippen LogP contribution in [0, 0.1) is 11.3 Å². The van der Waals surface area contributed by atoms with Crippen molar-refractivity contribution >= 4 is 5.91 Å². The van der Waals surface area contributed by atoms with Gasteiger partial charge in [-0.25, -0.2) is 0 Å². The lowest BCUT2D eigenvalue weighted by atomic mass is 9.82. The Balaban J connectivity index is 2.83. The van der Waals surface area contributed by atoms with Crippen LogP contribution in [0.2, 0.25) is 0 Å². The first-order valence-electron chi connectivity index (χ1n) is 3.50. The van der Waals surface area contributed by atoms with Crippen LogP contribution in [0.25, 0.3) is 0 Å². The monoisotopic (exact) mass is 139 g/mol. The molecule has 0 radical (unpaired) electrons. The lowest BCUT2D eigenvalue weighted by Crippen LogP contribution is -2.27. The molecule has 0 spiro atoms. The van der Waals surface area contributed by atoms with Gasteiger partial charge in [-0.05, 0) is 0 Å². The number of nitrogens with one attached hydrogen (secondary N) is 1. The van der Waals surface area contributed by atoms with Crippen LogP contribution < -0.4 is 5.32 Å². The molecule has 1 unspecified atom stereocenters. The zero-order valence-electron chi connectivity index (χ0n) is 6.48. The van der Waals surface area contributed by atoms with Crippen molar-refractivity contribution in [1.82, 2.24) is 5.32 Å². The first-order chi connectivity index (χ1) is 4.59. The second-order valence-corrected chi connectivity index (χ2v) is 3.27. The van der Waals surface area contributed by atoms with Gasteiger partial charge >= 0.3 is 0 Å². The molecule has 56 valence electrons. The summed E-state index contributed by atoms with van der Waals surface area (Å²) in [5.41, 5.74) is -0.248. The molecular formula is C8H13NO. The number of amides is 1. The summed E-state index contributed by atoms with van der Waals surface area (Å²) in [5.74, 6) is 0.428. The van der Waals surface area contributed by atoms with E-state index in [9.17, 15) is 4.79 Å². The Morgan fingerprint density at radius 3 is 2.60 bits per heavy atom. The van der Waals surface area contributed by atoms with Gasteiger partial charge in [0.2, 0.25) is 5.91 Å². The number of carbonyl (C=O) groups excluding carboxylic acids is 1. The molecule has 2 heteroatoms. The molecule has 0 aromatic heterocycles. The lowest BCUT2D eigenvalue weighted by molar-refractivity contribution is -0.126. The van der Waals surface area contributed by atoms with Crippen molar-refractivity contribution in [3.05, 3.63) is 12.7 Å². The predicted octanol–water partition coefficient (Wildman–Crippen LogP) is 0.945. The van der Waals surface area contributed by atoms with Crippen molar-refractivity contribution in [3.63, 3.8) is 0 Å². The van der Waals surface area contributed by atoms with Gasteiger partial charge in [0.05, 0.1) is 5.41 Å². The summed E-state index contributed by atoms with van der Waals surface area (Å²) in [6.07, 6.45) is 1.85. The molecule has 1 amide bonds. The molecule has 1 rings (SSSR count). The summed E-state index contributed by atoms with van der Waals surface area (Å²) >= 11 is 0. The van der Waals surface area contributed by atoms with Gasteiger partial charge in [-0.1, -0.05) is 19.9 Å². The molecule has 1 atom stereocenters. The smallest absolute Gasteiger partial charge is 0.226 e. The van der Waals surface area contributed by atoms with E-state index < -0.39 is 0 Å². The minimum Gasteiger partial charge on any atom is -0.355 e. The molecule has 0 aromatic rings. The third-order valence-corrected chi connectivity index (χ3v) is 2.28. The Morgan fingerprint density at radius 2 is 2.40 bits per heavy atom. The van der Waals surface area contributed by atoms with Crippen molar-refractivity contribution in [2.75, 3.05) is 6.54 Å². The summed E-state index contributed by atoms with van der Waals surface area (Å²) in [5, 5.41) is 2.80. The van der Waals surface area contributed by atoms with Gasteiger partial charge in [-0.15, -0.1) is 6.58 Å². The highest BCUT2D eigenvalue weighted by atomic mass is 16.2. The van der Waals surface area contributed by atoms with Gasteiger partial charge in [-0.2, -0.15) is 0 Å². The van der Waals surface area contributed by atoms with E-state index in [1.807, 2.05) is 19.9 Å². The van der Waals surface area contributed by atoms with Crippen LogP contribution in [0.3, 0.4) is 0 Å². The normalized spacial score (nSPS) is 29.8. The Kier molecular flexibility index (Phi) is 1.55. The standard InChI is InChI=1S/C8H13NO/c1-4-6-5-9-7(10)8(6,2)3/h4,6H,1,5H2,2-3H3,(H,9,10). The average Bonchev–Trinajstić information content (AvgIpc) is 2.10. The Bertz CT molecular complexity index is 172. The Hall–Kier alpha value is -0.790. The molecule has 0 saturated carbocycles. The number of rotatable bonds is 1. The van der Waals surface area contributed by atoms with Crippen molar-refractivity contribution in [1.29, 1.82) is 0 Å². The molecule has 10 heavy (non-hydrogen) atoms. The van der Waals surface area contributed by atoms with Crippen molar-refractivity contribution < 1.29 is 4.79 Å². The maximum absolute atomic E-state index is 11.1. The molecular weight excluding hydrogens is 126 g/mol. The topological polar surface area (TPSA) is 29.1 Å². The summed E-state index contributed by atoms with van der Waals surface area (Å²) in [4.78, 5) is 11.1. The molecule has 1 heterocycles. The van der Waals surface area contributed by atoms with Crippen LogP contribution in [-0.4, -0.2) is 12.5 Å². The van der Waals surface area contributed by atoms with E-state index in [0.717, 1.165) is 6.54 Å². The first kappa shape index (κ1) is 7.32. The van der Waals surface area contributed by atoms with E-state index in [1.165, 1.54) is 0 Å². The summed E-state index contributed by atoms with van der Waals surface area (Å²) in [7, 11) is 0. The molecule has 2 nitrogen and oxygen atoms in total. The van der Waals surface area contributed by atoms with Gasteiger partial charge in [0, 0.05) is 12.5 Å². The van der Waals surface area contributed by atoms with Gasteiger partial charge < -0.3 is 5.32 Å². The van der Waals surface area contributed by atoms with Crippen LogP contribution in [0.1, 0.15) is 13.8 Å². The highest BCUT2D eigenvalue weighted by molar-refractivity contribution is 5.84. The van der Waals surface area contributed by atoms with Gasteiger partial charge in [0.1, 0.15) is 0 Å². The molecule has 1 aliphatic heterocycles. The summed E-state index contributed by atoms with van der Waals surface area (Å²) in [6.45, 7) is 8.32. The number of hydrogen-bond donors (Lipinski definition) is 1. The SMILES string of the molecule is C=CC1CNC(=O)C1(C)C. The zero-order chi connectivity index (χ0) is 7.78. The summed E-state index contributed by atoms with van der Waals surface area (Å²) in [6, 6.07) is 0. The second kappa shape index (κ2) is 2.11. The molecule has 1 fully saturated rings. The minimum absolute atomic E-state index is 0.136. The lowest BCUT2D eigenvalue weighted by Gasteiger charge is -2.19. The van der Waals surface area contributed by atoms with Gasteiger partial charge in [-0.3, -0.25) is 4.79 Å². The predicted molar refractivity (Wildman–Crippen MR) is 40.5 cm³/mol. The van der Waals surface area contributed by atoms with Gasteiger partial charge in [0.15, 0.2) is 0 Å². The highest BCUT2D eigenvalue weighted by Gasteiger charge is 2.40. The van der Waals surface area contributed by atoms with Crippen LogP contribution in [-0.2, 0) is 4.79 Å². The second-order valence-electron chi connectivity index (χ2n) is 3.27. The first-order valence-corrected chi connectivity index (χ1v) is 3.50. The van der Waals surface area contributed by atoms with E-state index in [2.05, 4.69) is 11.9 Å². The van der Waals surface area contributed by atoms with E-state index in [0.29, 0.717) is 5.92 Å². The maximum Gasteiger partial charge on any atom is 0.226 e. The van der Waals surface area contributed by atoms with E-state index in [-0.39, 0.29) is 11.3 Å². The van der Waals surface area contributed by atoms with E-state index in [1.54, 1.807) is 0 Å². The number of carbonyl (C=O) groups is 1. The fraction of sp³-hybridized carbons (Fsp3) is 0.625. The van der Waals surface area contributed by atoms with Crippen molar-refractivity contribution in [2.45, 2.75) is 13.8 Å². The van der Waals surface area contributed by atoms with Gasteiger partial charge in [0.25, 0.3) is 0 Å². The fourth-order valence-electron chi connectivity index (χ4n) is 1.23. The number of hydrogen-bond acceptors (Lipinski definition) is 1. The zero-order valence-corrected chi connectivity index (χ0v) is 6.48. The molecule has 1 N–H and O–H groups in total. The van der Waals surface area contributed by atoms with E-state index in [4.69, 9.17) is 0 Å². The minimum atomic E-state index is -0.248. The third-order valence-electron chi connectivity index (χ3n) is 2.28. The quantitative estimate of drug-likeness (QED) is 0.538. The third kappa shape index (κ3) is 0.838. The molecule has 1 saturated heterocycles. The van der Waals surface area contributed by atoms with Crippen molar-refractivity contribution in [3.8, 4) is 0 Å². The van der Waals surface area contributed by atoms with Crippen LogP contribution >= 0.6 is 0 Å². The molecule has 0 aliphatic carbocycles. The average molecular weight is 139 g/mol. The van der Waals surface area contributed by atoms with Crippen LogP contribution in [0.15, 0.2) is 12.7 Å². The Labute approximate surface area is 61.3 Å². The fourth-order valence-corrected chi connectivity index (χ4v) is 1.23. The largest absolute Gasteiger partial charge is 0.355 e. The maximum atomic E-state index is 11.1. The van der Waals surface area contributed by atoms with E-state index >= 15 is 0 Å². The van der Waals surface area contributed by atoms with Crippen LogP contribution in [0.4, 0.5) is 0 Å². The molecule has 1 aliphatic rings.